The fourth-order valence-corrected chi connectivity index (χ4v) is 8.54. The zero-order chi connectivity index (χ0) is 45.2. The molecule has 0 amide bonds. The van der Waals surface area contributed by atoms with E-state index in [4.69, 9.17) is 14.2 Å². The molecule has 0 aromatic rings. The second-order valence-electron chi connectivity index (χ2n) is 19.5. The Balaban J connectivity index is 4.27. The number of unbranched alkanes of at least 4 members (excludes halogenated alkanes) is 37. The molecule has 368 valence electrons. The highest BCUT2D eigenvalue weighted by Crippen LogP contribution is 2.18. The fourth-order valence-electron chi connectivity index (χ4n) is 8.54. The molecule has 0 spiro atoms. The van der Waals surface area contributed by atoms with Gasteiger partial charge < -0.3 is 14.2 Å². The summed E-state index contributed by atoms with van der Waals surface area (Å²) in [7, 11) is 0. The van der Waals surface area contributed by atoms with Crippen LogP contribution in [0.4, 0.5) is 0 Å². The molecule has 0 radical (unpaired) electrons. The van der Waals surface area contributed by atoms with Gasteiger partial charge in [-0.2, -0.15) is 0 Å². The first-order valence-corrected chi connectivity index (χ1v) is 27.9. The predicted octanol–water partition coefficient (Wildman–Crippen LogP) is 18.2. The SMILES string of the molecule is CCCCCCCCCCCCCCCCCCCCC(=O)OC[C@@H](COC(=O)CCCCCCCCCCCCCCCC)OC(=O)CCCCCCCCCCC(C)CC. The third-order valence-electron chi connectivity index (χ3n) is 13.2. The quantitative estimate of drug-likeness (QED) is 0.0344. The summed E-state index contributed by atoms with van der Waals surface area (Å²) in [6.45, 7) is 9.05. The molecule has 0 saturated carbocycles. The molecule has 62 heavy (non-hydrogen) atoms. The molecule has 6 nitrogen and oxygen atoms in total. The monoisotopic (exact) mass is 877 g/mol. The van der Waals surface area contributed by atoms with Crippen LogP contribution in [-0.4, -0.2) is 37.2 Å². The summed E-state index contributed by atoms with van der Waals surface area (Å²) in [5, 5.41) is 0. The molecule has 1 unspecified atom stereocenters. The van der Waals surface area contributed by atoms with Crippen molar-refractivity contribution in [1.82, 2.24) is 0 Å². The van der Waals surface area contributed by atoms with Crippen molar-refractivity contribution in [2.75, 3.05) is 13.2 Å². The topological polar surface area (TPSA) is 78.9 Å². The summed E-state index contributed by atoms with van der Waals surface area (Å²) >= 11 is 0. The van der Waals surface area contributed by atoms with E-state index in [9.17, 15) is 14.4 Å². The Kier molecular flexibility index (Phi) is 49.1. The Morgan fingerprint density at radius 3 is 0.839 bits per heavy atom. The largest absolute Gasteiger partial charge is 0.462 e. The number of carbonyl (C=O) groups is 3. The molecular weight excluding hydrogens is 769 g/mol. The second kappa shape index (κ2) is 50.4. The number of ether oxygens (including phenoxy) is 3. The van der Waals surface area contributed by atoms with E-state index in [-0.39, 0.29) is 31.1 Å². The Morgan fingerprint density at radius 2 is 0.565 bits per heavy atom. The van der Waals surface area contributed by atoms with E-state index in [2.05, 4.69) is 27.7 Å². The van der Waals surface area contributed by atoms with E-state index in [0.29, 0.717) is 19.3 Å². The van der Waals surface area contributed by atoms with E-state index in [0.717, 1.165) is 63.7 Å². The molecule has 0 N–H and O–H groups in total. The van der Waals surface area contributed by atoms with Crippen molar-refractivity contribution >= 4 is 17.9 Å². The molecular formula is C56H108O6. The van der Waals surface area contributed by atoms with E-state index < -0.39 is 6.10 Å². The minimum atomic E-state index is -0.762. The summed E-state index contributed by atoms with van der Waals surface area (Å²) < 4.78 is 16.9. The summed E-state index contributed by atoms with van der Waals surface area (Å²) in [6, 6.07) is 0. The van der Waals surface area contributed by atoms with Gasteiger partial charge in [0.25, 0.3) is 0 Å². The van der Waals surface area contributed by atoms with Gasteiger partial charge in [0.2, 0.25) is 0 Å². The molecule has 0 aliphatic carbocycles. The van der Waals surface area contributed by atoms with Gasteiger partial charge in [-0.15, -0.1) is 0 Å². The van der Waals surface area contributed by atoms with E-state index in [1.807, 2.05) is 0 Å². The third kappa shape index (κ3) is 47.9. The van der Waals surface area contributed by atoms with E-state index in [1.165, 1.54) is 212 Å². The summed E-state index contributed by atoms with van der Waals surface area (Å²) in [6.07, 6.45) is 53.7. The van der Waals surface area contributed by atoms with Gasteiger partial charge in [0.1, 0.15) is 13.2 Å². The molecule has 0 bridgehead atoms. The molecule has 0 saturated heterocycles. The van der Waals surface area contributed by atoms with Crippen LogP contribution in [0.5, 0.6) is 0 Å². The van der Waals surface area contributed by atoms with Gasteiger partial charge in [-0.05, 0) is 25.2 Å². The van der Waals surface area contributed by atoms with Crippen LogP contribution in [0.2, 0.25) is 0 Å². The highest BCUT2D eigenvalue weighted by Gasteiger charge is 2.19. The third-order valence-corrected chi connectivity index (χ3v) is 13.2. The van der Waals surface area contributed by atoms with Crippen molar-refractivity contribution in [2.45, 2.75) is 323 Å². The first-order valence-electron chi connectivity index (χ1n) is 27.9. The van der Waals surface area contributed by atoms with Crippen molar-refractivity contribution in [2.24, 2.45) is 5.92 Å². The highest BCUT2D eigenvalue weighted by atomic mass is 16.6. The highest BCUT2D eigenvalue weighted by molar-refractivity contribution is 5.71. The van der Waals surface area contributed by atoms with Gasteiger partial charge >= 0.3 is 17.9 Å². The second-order valence-corrected chi connectivity index (χ2v) is 19.5. The Bertz CT molecular complexity index is 935. The predicted molar refractivity (Wildman–Crippen MR) is 266 cm³/mol. The van der Waals surface area contributed by atoms with Crippen LogP contribution >= 0.6 is 0 Å². The molecule has 0 fully saturated rings. The summed E-state index contributed by atoms with van der Waals surface area (Å²) in [5.74, 6) is 0.00400. The van der Waals surface area contributed by atoms with Crippen LogP contribution in [0.3, 0.4) is 0 Å². The lowest BCUT2D eigenvalue weighted by Crippen LogP contribution is -2.30. The van der Waals surface area contributed by atoms with Crippen molar-refractivity contribution < 1.29 is 28.6 Å². The van der Waals surface area contributed by atoms with Gasteiger partial charge in [0.05, 0.1) is 0 Å². The van der Waals surface area contributed by atoms with Crippen LogP contribution in [0.25, 0.3) is 0 Å². The normalized spacial score (nSPS) is 12.4. The van der Waals surface area contributed by atoms with Crippen molar-refractivity contribution in [3.05, 3.63) is 0 Å². The summed E-state index contributed by atoms with van der Waals surface area (Å²) in [4.78, 5) is 38.0. The molecule has 0 rings (SSSR count). The fraction of sp³-hybridized carbons (Fsp3) is 0.946. The lowest BCUT2D eigenvalue weighted by molar-refractivity contribution is -0.167. The Labute approximate surface area is 387 Å². The first-order chi connectivity index (χ1) is 30.4. The zero-order valence-electron chi connectivity index (χ0n) is 42.3. The molecule has 0 aromatic carbocycles. The van der Waals surface area contributed by atoms with Crippen molar-refractivity contribution in [3.8, 4) is 0 Å². The zero-order valence-corrected chi connectivity index (χ0v) is 42.3. The smallest absolute Gasteiger partial charge is 0.306 e. The maximum absolute atomic E-state index is 12.8. The van der Waals surface area contributed by atoms with Gasteiger partial charge in [-0.1, -0.05) is 278 Å². The molecule has 2 atom stereocenters. The van der Waals surface area contributed by atoms with Gasteiger partial charge in [-0.25, -0.2) is 0 Å². The molecule has 6 heteroatoms. The van der Waals surface area contributed by atoms with Crippen LogP contribution in [0, 0.1) is 5.92 Å². The van der Waals surface area contributed by atoms with Crippen LogP contribution in [-0.2, 0) is 28.6 Å². The maximum Gasteiger partial charge on any atom is 0.306 e. The van der Waals surface area contributed by atoms with Crippen LogP contribution < -0.4 is 0 Å². The molecule has 0 aromatic heterocycles. The standard InChI is InChI=1S/C56H108O6/c1-5-8-10-12-14-16-18-20-22-23-24-25-27-29-31-36-40-44-48-55(58)61-51-53(62-56(59)49-45-41-37-33-32-34-38-42-46-52(4)7-3)50-60-54(57)47-43-39-35-30-28-26-21-19-17-15-13-11-9-6-2/h52-53H,5-51H2,1-4H3/t52?,53-/m1/s1. The molecule has 0 aliphatic rings. The first kappa shape index (κ1) is 60.4. The average Bonchev–Trinajstić information content (AvgIpc) is 3.27. The molecule has 0 aliphatic heterocycles. The lowest BCUT2D eigenvalue weighted by atomic mass is 9.99. The number of esters is 3. The van der Waals surface area contributed by atoms with Crippen LogP contribution in [0.1, 0.15) is 317 Å². The number of hydrogen-bond donors (Lipinski definition) is 0. The van der Waals surface area contributed by atoms with E-state index in [1.54, 1.807) is 0 Å². The van der Waals surface area contributed by atoms with Crippen LogP contribution in [0.15, 0.2) is 0 Å². The minimum Gasteiger partial charge on any atom is -0.462 e. The number of hydrogen-bond acceptors (Lipinski definition) is 6. The maximum atomic E-state index is 12.8. The Hall–Kier alpha value is -1.59. The van der Waals surface area contributed by atoms with E-state index >= 15 is 0 Å². The number of rotatable bonds is 51. The minimum absolute atomic E-state index is 0.0627. The number of carbonyl (C=O) groups excluding carboxylic acids is 3. The Morgan fingerprint density at radius 1 is 0.323 bits per heavy atom. The lowest BCUT2D eigenvalue weighted by Gasteiger charge is -2.18. The van der Waals surface area contributed by atoms with Crippen molar-refractivity contribution in [1.29, 1.82) is 0 Å². The summed E-state index contributed by atoms with van der Waals surface area (Å²) in [5.41, 5.74) is 0. The molecule has 0 heterocycles. The van der Waals surface area contributed by atoms with Gasteiger partial charge in [0, 0.05) is 19.3 Å². The van der Waals surface area contributed by atoms with Crippen molar-refractivity contribution in [3.63, 3.8) is 0 Å². The average molecular weight is 877 g/mol. The van der Waals surface area contributed by atoms with Gasteiger partial charge in [0.15, 0.2) is 6.10 Å². The van der Waals surface area contributed by atoms with Gasteiger partial charge in [-0.3, -0.25) is 14.4 Å².